The first-order chi connectivity index (χ1) is 17.0. The zero-order valence-electron chi connectivity index (χ0n) is 21.4. The summed E-state index contributed by atoms with van der Waals surface area (Å²) in [5.74, 6) is 2.03. The summed E-state index contributed by atoms with van der Waals surface area (Å²) in [6.45, 7) is 5.43. The van der Waals surface area contributed by atoms with Gasteiger partial charge in [0.2, 0.25) is 5.82 Å². The first-order valence-corrected chi connectivity index (χ1v) is 14.9. The molecular formula is C30H41F2IO2. The Morgan fingerprint density at radius 3 is 2.09 bits per heavy atom. The molecule has 4 rings (SSSR count). The second-order valence-electron chi connectivity index (χ2n) is 10.8. The summed E-state index contributed by atoms with van der Waals surface area (Å²) >= 11 is 2.05. The molecule has 0 saturated heterocycles. The van der Waals surface area contributed by atoms with Crippen LogP contribution in [-0.2, 0) is 0 Å². The first kappa shape index (κ1) is 26.9. The van der Waals surface area contributed by atoms with Crippen molar-refractivity contribution in [3.05, 3.63) is 33.4 Å². The Morgan fingerprint density at radius 2 is 1.46 bits per heavy atom. The summed E-state index contributed by atoms with van der Waals surface area (Å²) in [5.41, 5.74) is 0. The highest BCUT2D eigenvalue weighted by molar-refractivity contribution is 14.1. The normalized spacial score (nSPS) is 25.1. The third-order valence-corrected chi connectivity index (χ3v) is 9.50. The van der Waals surface area contributed by atoms with Gasteiger partial charge in [0.25, 0.3) is 0 Å². The van der Waals surface area contributed by atoms with Gasteiger partial charge in [-0.1, -0.05) is 52.0 Å². The first-order valence-electron chi connectivity index (χ1n) is 13.9. The Morgan fingerprint density at radius 1 is 0.800 bits per heavy atom. The van der Waals surface area contributed by atoms with Crippen LogP contribution in [0, 0.1) is 38.9 Å². The van der Waals surface area contributed by atoms with Gasteiger partial charge in [-0.3, -0.25) is 0 Å². The van der Waals surface area contributed by atoms with Crippen molar-refractivity contribution in [2.24, 2.45) is 23.7 Å². The number of fused-ring (bicyclic) bond motifs is 1. The summed E-state index contributed by atoms with van der Waals surface area (Å²) in [7, 11) is 0. The van der Waals surface area contributed by atoms with Gasteiger partial charge < -0.3 is 9.47 Å². The van der Waals surface area contributed by atoms with Crippen LogP contribution in [0.4, 0.5) is 8.78 Å². The van der Waals surface area contributed by atoms with Crippen molar-refractivity contribution in [1.29, 1.82) is 0 Å². The van der Waals surface area contributed by atoms with Gasteiger partial charge in [-0.15, -0.1) is 0 Å². The lowest BCUT2D eigenvalue weighted by molar-refractivity contribution is 0.120. The molecule has 0 bridgehead atoms. The monoisotopic (exact) mass is 598 g/mol. The van der Waals surface area contributed by atoms with Gasteiger partial charge in [0, 0.05) is 5.39 Å². The van der Waals surface area contributed by atoms with Crippen molar-refractivity contribution in [2.45, 2.75) is 90.9 Å². The maximum absolute atomic E-state index is 15.1. The fraction of sp³-hybridized carbons (Fsp3) is 0.667. The molecule has 2 fully saturated rings. The molecule has 0 spiro atoms. The van der Waals surface area contributed by atoms with Gasteiger partial charge in [-0.2, -0.15) is 4.39 Å². The van der Waals surface area contributed by atoms with Gasteiger partial charge in [-0.05, 0) is 109 Å². The van der Waals surface area contributed by atoms with Crippen molar-refractivity contribution in [2.75, 3.05) is 13.2 Å². The van der Waals surface area contributed by atoms with Crippen LogP contribution in [0.25, 0.3) is 10.8 Å². The highest BCUT2D eigenvalue weighted by atomic mass is 127. The fourth-order valence-electron chi connectivity index (χ4n) is 6.27. The molecule has 5 heteroatoms. The van der Waals surface area contributed by atoms with Crippen molar-refractivity contribution in [3.8, 4) is 11.5 Å². The third-order valence-electron chi connectivity index (χ3n) is 8.43. The van der Waals surface area contributed by atoms with E-state index in [2.05, 4.69) is 36.4 Å². The summed E-state index contributed by atoms with van der Waals surface area (Å²) in [6, 6.07) is 5.29. The van der Waals surface area contributed by atoms with E-state index in [9.17, 15) is 4.39 Å². The SMILES string of the molecule is CCCCOc1ccc2cc(OCC3CCC(C4CCC(CCC)CC4)CC3)c(F)c(F)c2c1I. The van der Waals surface area contributed by atoms with Crippen LogP contribution in [0.2, 0.25) is 0 Å². The fourth-order valence-corrected chi connectivity index (χ4v) is 7.15. The molecule has 0 aromatic heterocycles. The molecule has 2 aliphatic carbocycles. The molecule has 0 unspecified atom stereocenters. The van der Waals surface area contributed by atoms with E-state index in [4.69, 9.17) is 9.47 Å². The molecule has 0 amide bonds. The maximum Gasteiger partial charge on any atom is 0.201 e. The minimum atomic E-state index is -0.890. The molecule has 0 aliphatic heterocycles. The zero-order chi connectivity index (χ0) is 24.8. The van der Waals surface area contributed by atoms with E-state index in [-0.39, 0.29) is 11.1 Å². The van der Waals surface area contributed by atoms with Crippen molar-refractivity contribution < 1.29 is 18.3 Å². The van der Waals surface area contributed by atoms with Crippen LogP contribution in [0.1, 0.15) is 90.9 Å². The van der Waals surface area contributed by atoms with Gasteiger partial charge in [-0.25, -0.2) is 4.39 Å². The molecule has 2 saturated carbocycles. The van der Waals surface area contributed by atoms with Crippen molar-refractivity contribution >= 4 is 33.4 Å². The van der Waals surface area contributed by atoms with Crippen LogP contribution in [0.3, 0.4) is 0 Å². The minimum absolute atomic E-state index is 0.0295. The Labute approximate surface area is 223 Å². The molecule has 0 N–H and O–H groups in total. The topological polar surface area (TPSA) is 18.5 Å². The van der Waals surface area contributed by atoms with E-state index in [0.29, 0.717) is 33.8 Å². The number of unbranched alkanes of at least 4 members (excludes halogenated alkanes) is 1. The average Bonchev–Trinajstić information content (AvgIpc) is 2.87. The lowest BCUT2D eigenvalue weighted by atomic mass is 9.69. The third kappa shape index (κ3) is 6.61. The zero-order valence-corrected chi connectivity index (χ0v) is 23.5. The van der Waals surface area contributed by atoms with E-state index in [1.165, 1.54) is 51.4 Å². The Kier molecular flexibility index (Phi) is 9.94. The largest absolute Gasteiger partial charge is 0.492 e. The second-order valence-corrected chi connectivity index (χ2v) is 11.9. The van der Waals surface area contributed by atoms with Gasteiger partial charge in [0.1, 0.15) is 5.75 Å². The predicted octanol–water partition coefficient (Wildman–Crippen LogP) is 9.69. The van der Waals surface area contributed by atoms with E-state index in [0.717, 1.165) is 43.4 Å². The lowest BCUT2D eigenvalue weighted by Gasteiger charge is -2.37. The van der Waals surface area contributed by atoms with Gasteiger partial charge >= 0.3 is 0 Å². The Hall–Kier alpha value is -1.11. The van der Waals surface area contributed by atoms with Crippen LogP contribution in [0.15, 0.2) is 18.2 Å². The standard InChI is InChI=1S/C30H41F2IO2/c1-3-5-17-34-25-16-15-24-18-26(28(31)29(32)27(24)30(25)33)35-19-21-9-13-23(14-10-21)22-11-7-20(6-4-2)8-12-22/h15-16,18,20-23H,3-14,17,19H2,1-2H3. The summed E-state index contributed by atoms with van der Waals surface area (Å²) in [5, 5.41) is 0.923. The average molecular weight is 599 g/mol. The quantitative estimate of drug-likeness (QED) is 0.200. The number of rotatable bonds is 10. The highest BCUT2D eigenvalue weighted by Crippen LogP contribution is 2.42. The number of ether oxygens (including phenoxy) is 2. The number of benzene rings is 2. The number of hydrogen-bond donors (Lipinski definition) is 0. The minimum Gasteiger partial charge on any atom is -0.492 e. The molecule has 0 heterocycles. The van der Waals surface area contributed by atoms with Crippen LogP contribution < -0.4 is 9.47 Å². The maximum atomic E-state index is 15.1. The molecule has 2 nitrogen and oxygen atoms in total. The van der Waals surface area contributed by atoms with Crippen LogP contribution in [0.5, 0.6) is 11.5 Å². The molecule has 2 aliphatic rings. The smallest absolute Gasteiger partial charge is 0.201 e. The number of hydrogen-bond acceptors (Lipinski definition) is 2. The summed E-state index contributed by atoms with van der Waals surface area (Å²) in [4.78, 5) is 0. The second kappa shape index (κ2) is 12.9. The lowest BCUT2D eigenvalue weighted by Crippen LogP contribution is -2.27. The van der Waals surface area contributed by atoms with Crippen LogP contribution >= 0.6 is 22.6 Å². The molecule has 194 valence electrons. The van der Waals surface area contributed by atoms with Crippen LogP contribution in [-0.4, -0.2) is 13.2 Å². The van der Waals surface area contributed by atoms with Gasteiger partial charge in [0.15, 0.2) is 11.6 Å². The summed E-state index contributed by atoms with van der Waals surface area (Å²) in [6.07, 6.45) is 15.1. The molecule has 0 atom stereocenters. The predicted molar refractivity (Wildman–Crippen MR) is 148 cm³/mol. The van der Waals surface area contributed by atoms with E-state index >= 15 is 4.39 Å². The molecule has 0 radical (unpaired) electrons. The highest BCUT2D eigenvalue weighted by Gasteiger charge is 2.31. The molecule has 2 aromatic rings. The Bertz CT molecular complexity index is 963. The van der Waals surface area contributed by atoms with E-state index in [1.807, 2.05) is 6.07 Å². The van der Waals surface area contributed by atoms with Gasteiger partial charge in [0.05, 0.1) is 16.8 Å². The van der Waals surface area contributed by atoms with Crippen molar-refractivity contribution in [1.82, 2.24) is 0 Å². The molecule has 2 aromatic carbocycles. The number of halogens is 3. The summed E-state index contributed by atoms with van der Waals surface area (Å²) < 4.78 is 42.3. The van der Waals surface area contributed by atoms with Crippen molar-refractivity contribution in [3.63, 3.8) is 0 Å². The van der Waals surface area contributed by atoms with E-state index < -0.39 is 11.6 Å². The molecule has 35 heavy (non-hydrogen) atoms. The molecular weight excluding hydrogens is 557 g/mol. The van der Waals surface area contributed by atoms with E-state index in [1.54, 1.807) is 12.1 Å². The Balaban J connectivity index is 1.32.